The van der Waals surface area contributed by atoms with E-state index in [0.29, 0.717) is 28.9 Å². The van der Waals surface area contributed by atoms with E-state index in [-0.39, 0.29) is 11.8 Å². The highest BCUT2D eigenvalue weighted by Crippen LogP contribution is 2.25. The number of anilines is 1. The van der Waals surface area contributed by atoms with Crippen molar-refractivity contribution >= 4 is 17.5 Å². The van der Waals surface area contributed by atoms with Crippen LogP contribution in [0.2, 0.25) is 0 Å². The van der Waals surface area contributed by atoms with Crippen LogP contribution < -0.4 is 10.1 Å². The molecule has 7 nitrogen and oxygen atoms in total. The number of likely N-dealkylation sites (tertiary alicyclic amines) is 1. The lowest BCUT2D eigenvalue weighted by atomic mass is 9.99. The van der Waals surface area contributed by atoms with Gasteiger partial charge in [0.15, 0.2) is 11.5 Å². The van der Waals surface area contributed by atoms with E-state index in [0.717, 1.165) is 57.4 Å². The van der Waals surface area contributed by atoms with E-state index in [9.17, 15) is 9.59 Å². The van der Waals surface area contributed by atoms with E-state index in [1.165, 1.54) is 0 Å². The Morgan fingerprint density at radius 1 is 1.17 bits per heavy atom. The maximum Gasteiger partial charge on any atom is 0.289 e. The molecule has 3 heterocycles. The molecule has 0 unspecified atom stereocenters. The molecule has 1 saturated heterocycles. The Labute approximate surface area is 171 Å². The molecule has 29 heavy (non-hydrogen) atoms. The summed E-state index contributed by atoms with van der Waals surface area (Å²) in [6, 6.07) is 7.22. The van der Waals surface area contributed by atoms with Gasteiger partial charge in [0.1, 0.15) is 5.75 Å². The molecule has 7 heteroatoms. The summed E-state index contributed by atoms with van der Waals surface area (Å²) in [5.41, 5.74) is 1.87. The normalized spacial score (nSPS) is 17.0. The number of amides is 2. The van der Waals surface area contributed by atoms with Crippen LogP contribution in [-0.2, 0) is 13.0 Å². The SMILES string of the molecule is COc1cccc(NC(=O)c2nc(C(=O)N3CCC(C)CC3)n3c2CCCC3)c1. The number of hydrogen-bond donors (Lipinski definition) is 1. The fraction of sp³-hybridized carbons (Fsp3) is 0.500. The van der Waals surface area contributed by atoms with Gasteiger partial charge in [0.25, 0.3) is 11.8 Å². The molecule has 1 N–H and O–H groups in total. The highest BCUT2D eigenvalue weighted by Gasteiger charge is 2.31. The number of imidazole rings is 1. The number of fused-ring (bicyclic) bond motifs is 1. The Kier molecular flexibility index (Phi) is 5.56. The van der Waals surface area contributed by atoms with Gasteiger partial charge in [-0.1, -0.05) is 13.0 Å². The predicted octanol–water partition coefficient (Wildman–Crippen LogP) is 3.35. The highest BCUT2D eigenvalue weighted by molar-refractivity contribution is 6.05. The van der Waals surface area contributed by atoms with E-state index >= 15 is 0 Å². The molecule has 0 bridgehead atoms. The van der Waals surface area contributed by atoms with Gasteiger partial charge in [-0.25, -0.2) is 4.98 Å². The third-order valence-electron chi connectivity index (χ3n) is 5.92. The Hall–Kier alpha value is -2.83. The van der Waals surface area contributed by atoms with Crippen molar-refractivity contribution in [3.05, 3.63) is 41.5 Å². The number of carbonyl (C=O) groups excluding carboxylic acids is 2. The average Bonchev–Trinajstić information content (AvgIpc) is 3.14. The van der Waals surface area contributed by atoms with E-state index in [2.05, 4.69) is 17.2 Å². The number of benzene rings is 1. The summed E-state index contributed by atoms with van der Waals surface area (Å²) < 4.78 is 7.18. The molecule has 0 aliphatic carbocycles. The van der Waals surface area contributed by atoms with Crippen LogP contribution >= 0.6 is 0 Å². The fourth-order valence-corrected chi connectivity index (χ4v) is 4.13. The number of carbonyl (C=O) groups is 2. The van der Waals surface area contributed by atoms with E-state index < -0.39 is 0 Å². The maximum atomic E-state index is 13.2. The predicted molar refractivity (Wildman–Crippen MR) is 110 cm³/mol. The minimum atomic E-state index is -0.282. The van der Waals surface area contributed by atoms with Gasteiger partial charge < -0.3 is 19.5 Å². The first-order chi connectivity index (χ1) is 14.1. The Morgan fingerprint density at radius 3 is 2.72 bits per heavy atom. The van der Waals surface area contributed by atoms with Gasteiger partial charge in [-0.15, -0.1) is 0 Å². The molecule has 1 aromatic carbocycles. The highest BCUT2D eigenvalue weighted by atomic mass is 16.5. The number of hydrogen-bond acceptors (Lipinski definition) is 4. The lowest BCUT2D eigenvalue weighted by molar-refractivity contribution is 0.0678. The van der Waals surface area contributed by atoms with E-state index in [1.54, 1.807) is 13.2 Å². The summed E-state index contributed by atoms with van der Waals surface area (Å²) in [6.07, 6.45) is 4.79. The molecule has 2 aromatic rings. The fourth-order valence-electron chi connectivity index (χ4n) is 4.13. The van der Waals surface area contributed by atoms with Crippen LogP contribution in [0.4, 0.5) is 5.69 Å². The van der Waals surface area contributed by atoms with Crippen molar-refractivity contribution in [2.45, 2.75) is 45.6 Å². The molecule has 0 saturated carbocycles. The van der Waals surface area contributed by atoms with Crippen molar-refractivity contribution < 1.29 is 14.3 Å². The summed E-state index contributed by atoms with van der Waals surface area (Å²) in [7, 11) is 1.59. The lowest BCUT2D eigenvalue weighted by Crippen LogP contribution is -2.39. The molecule has 0 atom stereocenters. The van der Waals surface area contributed by atoms with Crippen molar-refractivity contribution in [1.82, 2.24) is 14.5 Å². The quantitative estimate of drug-likeness (QED) is 0.860. The zero-order valence-electron chi connectivity index (χ0n) is 17.1. The molecule has 0 radical (unpaired) electrons. The monoisotopic (exact) mass is 396 g/mol. The molecular weight excluding hydrogens is 368 g/mol. The number of aromatic nitrogens is 2. The summed E-state index contributed by atoms with van der Waals surface area (Å²) in [4.78, 5) is 32.6. The van der Waals surface area contributed by atoms with Gasteiger partial charge >= 0.3 is 0 Å². The van der Waals surface area contributed by atoms with Gasteiger partial charge in [-0.2, -0.15) is 0 Å². The largest absolute Gasteiger partial charge is 0.497 e. The zero-order valence-corrected chi connectivity index (χ0v) is 17.1. The summed E-state index contributed by atoms with van der Waals surface area (Å²) in [5.74, 6) is 1.39. The third kappa shape index (κ3) is 3.99. The number of ether oxygens (including phenoxy) is 1. The topological polar surface area (TPSA) is 76.5 Å². The van der Waals surface area contributed by atoms with Crippen molar-refractivity contribution in [3.8, 4) is 5.75 Å². The first kappa shape index (κ1) is 19.5. The van der Waals surface area contributed by atoms with Gasteiger partial charge in [0, 0.05) is 31.4 Å². The second-order valence-electron chi connectivity index (χ2n) is 8.00. The first-order valence-corrected chi connectivity index (χ1v) is 10.4. The van der Waals surface area contributed by atoms with Crippen LogP contribution in [0.1, 0.15) is 59.4 Å². The van der Waals surface area contributed by atoms with E-state index in [1.807, 2.05) is 27.7 Å². The Bertz CT molecular complexity index is 913. The van der Waals surface area contributed by atoms with Crippen molar-refractivity contribution in [2.24, 2.45) is 5.92 Å². The Morgan fingerprint density at radius 2 is 1.97 bits per heavy atom. The van der Waals surface area contributed by atoms with Crippen LogP contribution in [0, 0.1) is 5.92 Å². The molecule has 4 rings (SSSR count). The summed E-state index contributed by atoms with van der Waals surface area (Å²) in [6.45, 7) is 4.47. The standard InChI is InChI=1S/C22H28N4O3/c1-15-9-12-25(13-10-15)22(28)20-24-19(18-8-3-4-11-26(18)20)21(27)23-16-6-5-7-17(14-16)29-2/h5-7,14-15H,3-4,8-13H2,1-2H3,(H,23,27). The number of nitrogens with one attached hydrogen (secondary N) is 1. The Balaban J connectivity index is 1.60. The first-order valence-electron chi connectivity index (χ1n) is 10.4. The molecule has 2 aliphatic rings. The molecule has 1 aromatic heterocycles. The van der Waals surface area contributed by atoms with Gasteiger partial charge in [-0.3, -0.25) is 9.59 Å². The number of nitrogens with zero attached hydrogens (tertiary/aromatic N) is 3. The summed E-state index contributed by atoms with van der Waals surface area (Å²) in [5, 5.41) is 2.90. The second kappa shape index (κ2) is 8.27. The number of piperidine rings is 1. The van der Waals surface area contributed by atoms with E-state index in [4.69, 9.17) is 4.74 Å². The number of rotatable bonds is 4. The second-order valence-corrected chi connectivity index (χ2v) is 8.00. The van der Waals surface area contributed by atoms with Crippen molar-refractivity contribution in [2.75, 3.05) is 25.5 Å². The molecule has 0 spiro atoms. The van der Waals surface area contributed by atoms with Crippen LogP contribution in [0.3, 0.4) is 0 Å². The maximum absolute atomic E-state index is 13.2. The van der Waals surface area contributed by atoms with Gasteiger partial charge in [0.05, 0.1) is 12.8 Å². The van der Waals surface area contributed by atoms with Crippen molar-refractivity contribution in [1.29, 1.82) is 0 Å². The summed E-state index contributed by atoms with van der Waals surface area (Å²) >= 11 is 0. The minimum absolute atomic E-state index is 0.0551. The molecular formula is C22H28N4O3. The van der Waals surface area contributed by atoms with Crippen LogP contribution in [0.15, 0.2) is 24.3 Å². The third-order valence-corrected chi connectivity index (χ3v) is 5.92. The molecule has 1 fully saturated rings. The average molecular weight is 396 g/mol. The molecule has 154 valence electrons. The number of methoxy groups -OCH3 is 1. The molecule has 2 aliphatic heterocycles. The van der Waals surface area contributed by atoms with Crippen LogP contribution in [0.25, 0.3) is 0 Å². The van der Waals surface area contributed by atoms with Gasteiger partial charge in [0.2, 0.25) is 0 Å². The van der Waals surface area contributed by atoms with Crippen LogP contribution in [0.5, 0.6) is 5.75 Å². The zero-order chi connectivity index (χ0) is 20.4. The lowest BCUT2D eigenvalue weighted by Gasteiger charge is -2.30. The molecule has 2 amide bonds. The van der Waals surface area contributed by atoms with Crippen molar-refractivity contribution in [3.63, 3.8) is 0 Å². The minimum Gasteiger partial charge on any atom is -0.497 e. The van der Waals surface area contributed by atoms with Gasteiger partial charge in [-0.05, 0) is 50.2 Å². The smallest absolute Gasteiger partial charge is 0.289 e. The van der Waals surface area contributed by atoms with Crippen LogP contribution in [-0.4, -0.2) is 46.5 Å².